The molecule has 0 saturated carbocycles. The Morgan fingerprint density at radius 1 is 1.33 bits per heavy atom. The molecule has 1 aliphatic rings. The van der Waals surface area contributed by atoms with Crippen LogP contribution in [0.2, 0.25) is 5.02 Å². The molecule has 3 rings (SSSR count). The summed E-state index contributed by atoms with van der Waals surface area (Å²) in [6, 6.07) is 6.79. The Bertz CT molecular complexity index is 918. The number of nitrogens with one attached hydrogen (secondary N) is 1. The molecule has 1 saturated heterocycles. The van der Waals surface area contributed by atoms with Gasteiger partial charge in [-0.25, -0.2) is 13.4 Å². The molecule has 27 heavy (non-hydrogen) atoms. The van der Waals surface area contributed by atoms with Crippen molar-refractivity contribution in [2.75, 3.05) is 41.4 Å². The van der Waals surface area contributed by atoms with Gasteiger partial charge in [0.1, 0.15) is 5.82 Å². The summed E-state index contributed by atoms with van der Waals surface area (Å²) >= 11 is 6.49. The third kappa shape index (κ3) is 5.00. The average molecular weight is 412 g/mol. The van der Waals surface area contributed by atoms with Gasteiger partial charge in [0.15, 0.2) is 0 Å². The lowest BCUT2D eigenvalue weighted by atomic mass is 10.0. The highest BCUT2D eigenvalue weighted by Gasteiger charge is 2.27. The van der Waals surface area contributed by atoms with Gasteiger partial charge in [0.25, 0.3) is 0 Å². The summed E-state index contributed by atoms with van der Waals surface area (Å²) in [5.74, 6) is 0.928. The average Bonchev–Trinajstić information content (AvgIpc) is 2.78. The zero-order valence-corrected chi connectivity index (χ0v) is 16.7. The first-order valence-electron chi connectivity index (χ1n) is 8.46. The molecule has 0 spiro atoms. The predicted molar refractivity (Wildman–Crippen MR) is 107 cm³/mol. The Morgan fingerprint density at radius 3 is 2.78 bits per heavy atom. The van der Waals surface area contributed by atoms with Crippen LogP contribution in [0.25, 0.3) is 0 Å². The third-order valence-electron chi connectivity index (χ3n) is 4.15. The van der Waals surface area contributed by atoms with Gasteiger partial charge >= 0.3 is 0 Å². The molecule has 146 valence electrons. The maximum Gasteiger partial charge on any atom is 0.229 e. The highest BCUT2D eigenvalue weighted by atomic mass is 35.5. The Morgan fingerprint density at radius 2 is 2.11 bits per heavy atom. The van der Waals surface area contributed by atoms with Crippen LogP contribution in [0.5, 0.6) is 0 Å². The molecular formula is C17H22ClN5O3S. The molecule has 1 unspecified atom stereocenters. The first-order chi connectivity index (χ1) is 12.7. The summed E-state index contributed by atoms with van der Waals surface area (Å²) in [6.07, 6.45) is 1.93. The number of ether oxygens (including phenoxy) is 1. The standard InChI is InChI=1S/C17H22ClN5O3S/c1-11-8-16(21-17(19)20-11)23-6-3-7-26-10-15(23)13-5-4-12(9-14(13)18)22-27(2,24)25/h4-5,8-9,15,22H,3,6-7,10H2,1-2H3,(H2,19,20,21). The van der Waals surface area contributed by atoms with Crippen LogP contribution in [-0.4, -0.2) is 44.4 Å². The molecule has 1 aliphatic heterocycles. The summed E-state index contributed by atoms with van der Waals surface area (Å²) < 4.78 is 31.1. The van der Waals surface area contributed by atoms with Gasteiger partial charge in [0, 0.05) is 35.6 Å². The van der Waals surface area contributed by atoms with E-state index < -0.39 is 10.0 Å². The minimum absolute atomic E-state index is 0.180. The number of aryl methyl sites for hydroxylation is 1. The van der Waals surface area contributed by atoms with Crippen LogP contribution in [0.4, 0.5) is 17.5 Å². The zero-order chi connectivity index (χ0) is 19.6. The Hall–Kier alpha value is -2.10. The van der Waals surface area contributed by atoms with Crippen LogP contribution < -0.4 is 15.4 Å². The van der Waals surface area contributed by atoms with E-state index in [1.165, 1.54) is 0 Å². The maximum absolute atomic E-state index is 11.4. The normalized spacial score (nSPS) is 18.2. The fourth-order valence-electron chi connectivity index (χ4n) is 3.11. The zero-order valence-electron chi connectivity index (χ0n) is 15.1. The number of anilines is 3. The second-order valence-corrected chi connectivity index (χ2v) is 8.63. The first-order valence-corrected chi connectivity index (χ1v) is 10.7. The Labute approximate surface area is 163 Å². The van der Waals surface area contributed by atoms with Crippen LogP contribution in [0.3, 0.4) is 0 Å². The van der Waals surface area contributed by atoms with E-state index in [9.17, 15) is 8.42 Å². The molecule has 1 aromatic heterocycles. The number of nitrogen functional groups attached to an aromatic ring is 1. The van der Waals surface area contributed by atoms with E-state index in [2.05, 4.69) is 19.6 Å². The third-order valence-corrected chi connectivity index (χ3v) is 5.09. The number of hydrogen-bond acceptors (Lipinski definition) is 7. The van der Waals surface area contributed by atoms with Gasteiger partial charge in [-0.05, 0) is 31.0 Å². The van der Waals surface area contributed by atoms with Gasteiger partial charge in [-0.3, -0.25) is 4.72 Å². The number of sulfonamides is 1. The van der Waals surface area contributed by atoms with Gasteiger partial charge in [0.2, 0.25) is 16.0 Å². The largest absolute Gasteiger partial charge is 0.379 e. The molecule has 1 atom stereocenters. The molecule has 2 aromatic rings. The first kappa shape index (κ1) is 19.7. The van der Waals surface area contributed by atoms with Crippen LogP contribution in [0, 0.1) is 6.92 Å². The van der Waals surface area contributed by atoms with Crippen molar-refractivity contribution in [3.05, 3.63) is 40.5 Å². The number of nitrogens with two attached hydrogens (primary N) is 1. The summed E-state index contributed by atoms with van der Waals surface area (Å²) in [4.78, 5) is 10.6. The molecule has 0 amide bonds. The fraction of sp³-hybridized carbons (Fsp3) is 0.412. The highest BCUT2D eigenvalue weighted by molar-refractivity contribution is 7.92. The van der Waals surface area contributed by atoms with Gasteiger partial charge in [-0.2, -0.15) is 4.98 Å². The quantitative estimate of drug-likeness (QED) is 0.794. The van der Waals surface area contributed by atoms with E-state index in [-0.39, 0.29) is 12.0 Å². The second-order valence-electron chi connectivity index (χ2n) is 6.47. The van der Waals surface area contributed by atoms with Crippen molar-refractivity contribution in [1.82, 2.24) is 9.97 Å². The van der Waals surface area contributed by atoms with Crippen LogP contribution in [0.1, 0.15) is 23.7 Å². The van der Waals surface area contributed by atoms with E-state index in [0.29, 0.717) is 29.7 Å². The number of aromatic nitrogens is 2. The van der Waals surface area contributed by atoms with E-state index >= 15 is 0 Å². The topological polar surface area (TPSA) is 110 Å². The molecule has 0 radical (unpaired) electrons. The monoisotopic (exact) mass is 411 g/mol. The van der Waals surface area contributed by atoms with Crippen molar-refractivity contribution in [2.45, 2.75) is 19.4 Å². The Balaban J connectivity index is 1.98. The SMILES string of the molecule is Cc1cc(N2CCCOCC2c2ccc(NS(C)(=O)=O)cc2Cl)nc(N)n1. The van der Waals surface area contributed by atoms with Gasteiger partial charge in [0.05, 0.1) is 18.9 Å². The van der Waals surface area contributed by atoms with Crippen molar-refractivity contribution in [1.29, 1.82) is 0 Å². The highest BCUT2D eigenvalue weighted by Crippen LogP contribution is 2.34. The van der Waals surface area contributed by atoms with Crippen LogP contribution >= 0.6 is 11.6 Å². The summed E-state index contributed by atoms with van der Waals surface area (Å²) in [5.41, 5.74) is 7.84. The molecule has 0 bridgehead atoms. The van der Waals surface area contributed by atoms with Gasteiger partial charge in [-0.15, -0.1) is 0 Å². The lowest BCUT2D eigenvalue weighted by Gasteiger charge is -2.31. The van der Waals surface area contributed by atoms with Gasteiger partial charge < -0.3 is 15.4 Å². The number of rotatable bonds is 4. The number of hydrogen-bond donors (Lipinski definition) is 2. The predicted octanol–water partition coefficient (Wildman–Crippen LogP) is 2.36. The number of halogens is 1. The van der Waals surface area contributed by atoms with Crippen molar-refractivity contribution in [3.8, 4) is 0 Å². The molecule has 1 fully saturated rings. The van der Waals surface area contributed by atoms with Gasteiger partial charge in [-0.1, -0.05) is 17.7 Å². The summed E-state index contributed by atoms with van der Waals surface area (Å²) in [7, 11) is -3.38. The smallest absolute Gasteiger partial charge is 0.229 e. The van der Waals surface area contributed by atoms with Crippen molar-refractivity contribution < 1.29 is 13.2 Å². The molecule has 3 N–H and O–H groups in total. The minimum atomic E-state index is -3.38. The van der Waals surface area contributed by atoms with Crippen molar-refractivity contribution in [2.24, 2.45) is 0 Å². The lowest BCUT2D eigenvalue weighted by molar-refractivity contribution is 0.134. The fourth-order valence-corrected chi connectivity index (χ4v) is 3.97. The summed E-state index contributed by atoms with van der Waals surface area (Å²) in [6.45, 7) is 3.66. The molecule has 2 heterocycles. The molecule has 10 heteroatoms. The lowest BCUT2D eigenvalue weighted by Crippen LogP contribution is -2.32. The Kier molecular flexibility index (Phi) is 5.73. The van der Waals surface area contributed by atoms with E-state index in [4.69, 9.17) is 22.1 Å². The van der Waals surface area contributed by atoms with Crippen LogP contribution in [0.15, 0.2) is 24.3 Å². The van der Waals surface area contributed by atoms with Crippen LogP contribution in [-0.2, 0) is 14.8 Å². The minimum Gasteiger partial charge on any atom is -0.379 e. The van der Waals surface area contributed by atoms with E-state index in [1.807, 2.05) is 13.0 Å². The maximum atomic E-state index is 11.4. The number of nitrogens with zero attached hydrogens (tertiary/aromatic N) is 3. The van der Waals surface area contributed by atoms with Crippen molar-refractivity contribution in [3.63, 3.8) is 0 Å². The van der Waals surface area contributed by atoms with Crippen molar-refractivity contribution >= 4 is 39.1 Å². The molecule has 8 nitrogen and oxygen atoms in total. The second kappa shape index (κ2) is 7.87. The number of benzene rings is 1. The van der Waals surface area contributed by atoms with E-state index in [0.717, 1.165) is 30.5 Å². The van der Waals surface area contributed by atoms with E-state index in [1.54, 1.807) is 18.2 Å². The molecular weight excluding hydrogens is 390 g/mol. The molecule has 0 aliphatic carbocycles. The summed E-state index contributed by atoms with van der Waals surface area (Å²) in [5, 5.41) is 0.447. The molecule has 1 aromatic carbocycles.